The molecular formula is C24H36N2O8. The van der Waals surface area contributed by atoms with Crippen molar-refractivity contribution in [3.05, 3.63) is 0 Å². The third-order valence-electron chi connectivity index (χ3n) is 6.35. The van der Waals surface area contributed by atoms with E-state index in [1.807, 2.05) is 0 Å². The zero-order valence-electron chi connectivity index (χ0n) is 19.7. The van der Waals surface area contributed by atoms with E-state index in [4.69, 9.17) is 19.0 Å². The molecule has 0 spiro atoms. The molecule has 2 amide bonds. The maximum Gasteiger partial charge on any atom is 0.333 e. The number of nitrogens with one attached hydrogen (secondary N) is 1. The number of aliphatic hydroxyl groups excluding tert-OH is 1. The molecule has 0 bridgehead atoms. The van der Waals surface area contributed by atoms with Crippen molar-refractivity contribution < 1.29 is 38.5 Å². The van der Waals surface area contributed by atoms with Gasteiger partial charge in [0.2, 0.25) is 5.91 Å². The Kier molecular flexibility index (Phi) is 11.1. The first-order valence-electron chi connectivity index (χ1n) is 12.2. The molecule has 10 heteroatoms. The topological polar surface area (TPSA) is 124 Å². The lowest BCUT2D eigenvalue weighted by atomic mass is 10.1. The minimum Gasteiger partial charge on any atom is -0.379 e. The molecule has 0 aromatic rings. The van der Waals surface area contributed by atoms with Crippen molar-refractivity contribution in [1.29, 1.82) is 0 Å². The first-order chi connectivity index (χ1) is 16.6. The predicted octanol–water partition coefficient (Wildman–Crippen LogP) is 0.771. The van der Waals surface area contributed by atoms with Gasteiger partial charge in [0.25, 0.3) is 5.91 Å². The fraction of sp³-hybridized carbons (Fsp3) is 0.792. The molecule has 3 unspecified atom stereocenters. The number of carbonyl (C=O) groups is 3. The van der Waals surface area contributed by atoms with Gasteiger partial charge in [-0.05, 0) is 30.6 Å². The first kappa shape index (κ1) is 26.4. The second-order valence-electron chi connectivity index (χ2n) is 8.77. The van der Waals surface area contributed by atoms with Crippen LogP contribution >= 0.6 is 0 Å². The zero-order valence-corrected chi connectivity index (χ0v) is 19.7. The van der Waals surface area contributed by atoms with Crippen LogP contribution in [0.3, 0.4) is 0 Å². The monoisotopic (exact) mass is 480 g/mol. The van der Waals surface area contributed by atoms with Crippen LogP contribution in [0, 0.1) is 29.6 Å². The molecule has 2 aliphatic carbocycles. The summed E-state index contributed by atoms with van der Waals surface area (Å²) in [6, 6.07) is 0. The van der Waals surface area contributed by atoms with E-state index in [1.54, 1.807) is 0 Å². The molecule has 3 atom stereocenters. The highest BCUT2D eigenvalue weighted by atomic mass is 16.7. The van der Waals surface area contributed by atoms with Crippen LogP contribution in [0.5, 0.6) is 0 Å². The second-order valence-corrected chi connectivity index (χ2v) is 8.77. The first-order valence-corrected chi connectivity index (χ1v) is 12.2. The molecule has 3 aliphatic rings. The number of nitrogens with zero attached hydrogens (tertiary/aromatic N) is 1. The van der Waals surface area contributed by atoms with Crippen LogP contribution < -0.4 is 5.32 Å². The van der Waals surface area contributed by atoms with Crippen LogP contribution in [0.4, 0.5) is 0 Å². The van der Waals surface area contributed by atoms with Crippen molar-refractivity contribution in [3.8, 4) is 11.8 Å². The van der Waals surface area contributed by atoms with Gasteiger partial charge in [-0.3, -0.25) is 9.59 Å². The fourth-order valence-electron chi connectivity index (χ4n) is 4.42. The maximum absolute atomic E-state index is 11.8. The Morgan fingerprint density at radius 3 is 2.24 bits per heavy atom. The standard InChI is InChI=1S/C24H36N2O8/c27-21(7-10-24(30)34-26-22(28)8-9-23(26)29)25-11-12-31-13-14-32-15-16-33-17-20-18-5-3-1-2-4-6-19(18)20/h18-20,22,28H,3-17H2,(H,25,27). The van der Waals surface area contributed by atoms with Crippen molar-refractivity contribution in [3.63, 3.8) is 0 Å². The van der Waals surface area contributed by atoms with Gasteiger partial charge in [-0.1, -0.05) is 0 Å². The summed E-state index contributed by atoms with van der Waals surface area (Å²) in [4.78, 5) is 39.7. The van der Waals surface area contributed by atoms with Crippen LogP contribution in [0.2, 0.25) is 0 Å². The second kappa shape index (κ2) is 14.3. The highest BCUT2D eigenvalue weighted by Gasteiger charge is 2.48. The van der Waals surface area contributed by atoms with Gasteiger partial charge in [0.15, 0.2) is 6.23 Å². The minimum absolute atomic E-state index is 0.0732. The van der Waals surface area contributed by atoms with E-state index >= 15 is 0 Å². The average molecular weight is 481 g/mol. The third kappa shape index (κ3) is 8.87. The summed E-state index contributed by atoms with van der Waals surface area (Å²) in [5, 5.41) is 12.8. The normalized spacial score (nSPS) is 25.6. The molecule has 34 heavy (non-hydrogen) atoms. The molecule has 2 fully saturated rings. The number of hydroxylamine groups is 2. The number of fused-ring (bicyclic) bond motifs is 1. The number of amides is 2. The molecule has 190 valence electrons. The number of carbonyl (C=O) groups excluding carboxylic acids is 3. The largest absolute Gasteiger partial charge is 0.379 e. The number of aliphatic hydroxyl groups is 1. The van der Waals surface area contributed by atoms with Crippen LogP contribution in [-0.4, -0.2) is 80.4 Å². The molecule has 1 saturated carbocycles. The lowest BCUT2D eigenvalue weighted by Crippen LogP contribution is -2.35. The van der Waals surface area contributed by atoms with Gasteiger partial charge < -0.3 is 29.5 Å². The highest BCUT2D eigenvalue weighted by Crippen LogP contribution is 2.52. The zero-order chi connectivity index (χ0) is 24.2. The molecule has 0 radical (unpaired) electrons. The van der Waals surface area contributed by atoms with E-state index in [1.165, 1.54) is 12.8 Å². The Balaban J connectivity index is 1.07. The number of ether oxygens (including phenoxy) is 3. The molecule has 2 N–H and O–H groups in total. The van der Waals surface area contributed by atoms with E-state index < -0.39 is 18.1 Å². The summed E-state index contributed by atoms with van der Waals surface area (Å²) < 4.78 is 16.7. The molecule has 10 nitrogen and oxygen atoms in total. The molecule has 1 aliphatic heterocycles. The fourth-order valence-corrected chi connectivity index (χ4v) is 4.42. The van der Waals surface area contributed by atoms with Crippen molar-refractivity contribution in [1.82, 2.24) is 10.4 Å². The van der Waals surface area contributed by atoms with E-state index in [2.05, 4.69) is 17.2 Å². The number of hydrogen-bond donors (Lipinski definition) is 2. The van der Waals surface area contributed by atoms with Crippen molar-refractivity contribution >= 4 is 17.8 Å². The highest BCUT2D eigenvalue weighted by molar-refractivity contribution is 5.83. The number of hydrogen-bond acceptors (Lipinski definition) is 8. The molecule has 0 aromatic carbocycles. The third-order valence-corrected chi connectivity index (χ3v) is 6.35. The van der Waals surface area contributed by atoms with E-state index in [0.29, 0.717) is 50.6 Å². The number of rotatable bonds is 15. The molecule has 1 heterocycles. The van der Waals surface area contributed by atoms with Crippen LogP contribution in [0.1, 0.15) is 51.4 Å². The lowest BCUT2D eigenvalue weighted by molar-refractivity contribution is -0.220. The Bertz CT molecular complexity index is 731. The van der Waals surface area contributed by atoms with Gasteiger partial charge in [0.1, 0.15) is 0 Å². The van der Waals surface area contributed by atoms with Crippen LogP contribution in [-0.2, 0) is 33.4 Å². The summed E-state index contributed by atoms with van der Waals surface area (Å²) in [6.07, 6.45) is 3.44. The van der Waals surface area contributed by atoms with Gasteiger partial charge in [0.05, 0.1) is 46.1 Å². The van der Waals surface area contributed by atoms with E-state index in [0.717, 1.165) is 31.3 Å². The Morgan fingerprint density at radius 1 is 0.941 bits per heavy atom. The van der Waals surface area contributed by atoms with Crippen LogP contribution in [0.25, 0.3) is 0 Å². The van der Waals surface area contributed by atoms with Gasteiger partial charge in [-0.25, -0.2) is 4.79 Å². The molecule has 0 aromatic heterocycles. The lowest BCUT2D eigenvalue weighted by Gasteiger charge is -2.18. The van der Waals surface area contributed by atoms with Crippen molar-refractivity contribution in [2.75, 3.05) is 46.2 Å². The minimum atomic E-state index is -1.11. The summed E-state index contributed by atoms with van der Waals surface area (Å²) in [7, 11) is 0. The SMILES string of the molecule is O=C(CCC(=O)ON1C(=O)CCC1O)NCCOCCOCCOCC1C2CCC#CCCC21. The molecule has 1 saturated heterocycles. The van der Waals surface area contributed by atoms with E-state index in [-0.39, 0.29) is 31.6 Å². The summed E-state index contributed by atoms with van der Waals surface area (Å²) in [5.41, 5.74) is 0. The Morgan fingerprint density at radius 2 is 1.59 bits per heavy atom. The average Bonchev–Trinajstić information content (AvgIpc) is 3.34. The van der Waals surface area contributed by atoms with Crippen molar-refractivity contribution in [2.45, 2.75) is 57.6 Å². The summed E-state index contributed by atoms with van der Waals surface area (Å²) >= 11 is 0. The Hall–Kier alpha value is -2.19. The van der Waals surface area contributed by atoms with Gasteiger partial charge in [0, 0.05) is 38.6 Å². The Labute approximate surface area is 200 Å². The molecule has 3 rings (SSSR count). The van der Waals surface area contributed by atoms with Crippen molar-refractivity contribution in [2.24, 2.45) is 17.8 Å². The van der Waals surface area contributed by atoms with Gasteiger partial charge in [-0.2, -0.15) is 0 Å². The molecular weight excluding hydrogens is 444 g/mol. The quantitative estimate of drug-likeness (QED) is 0.260. The predicted molar refractivity (Wildman–Crippen MR) is 120 cm³/mol. The van der Waals surface area contributed by atoms with Gasteiger partial charge in [-0.15, -0.1) is 16.9 Å². The smallest absolute Gasteiger partial charge is 0.333 e. The van der Waals surface area contributed by atoms with Gasteiger partial charge >= 0.3 is 5.97 Å². The summed E-state index contributed by atoms with van der Waals surface area (Å²) in [6.45, 7) is 3.44. The summed E-state index contributed by atoms with van der Waals surface area (Å²) in [5.74, 6) is 7.23. The van der Waals surface area contributed by atoms with E-state index in [9.17, 15) is 19.5 Å². The van der Waals surface area contributed by atoms with Crippen LogP contribution in [0.15, 0.2) is 0 Å². The maximum atomic E-state index is 11.8.